The summed E-state index contributed by atoms with van der Waals surface area (Å²) in [6.45, 7) is 7.92. The van der Waals surface area contributed by atoms with Gasteiger partial charge in [-0.3, -0.25) is 4.79 Å². The minimum absolute atomic E-state index is 0.0337. The van der Waals surface area contributed by atoms with Crippen LogP contribution in [0.25, 0.3) is 0 Å². The Morgan fingerprint density at radius 3 is 2.10 bits per heavy atom. The van der Waals surface area contributed by atoms with E-state index in [1.807, 2.05) is 49.1 Å². The Morgan fingerprint density at radius 1 is 1.00 bits per heavy atom. The van der Waals surface area contributed by atoms with Gasteiger partial charge in [0, 0.05) is 45.6 Å². The number of alkyl halides is 2. The van der Waals surface area contributed by atoms with E-state index in [1.54, 1.807) is 0 Å². The van der Waals surface area contributed by atoms with E-state index in [4.69, 9.17) is 0 Å². The highest BCUT2D eigenvalue weighted by atomic mass is 19.3. The number of carbonyl (C=O) groups is 2. The molecule has 0 spiro atoms. The third-order valence-electron chi connectivity index (χ3n) is 8.11. The van der Waals surface area contributed by atoms with E-state index in [1.165, 1.54) is 6.33 Å². The Labute approximate surface area is 228 Å². The summed E-state index contributed by atoms with van der Waals surface area (Å²) in [5.74, 6) is -1.38. The second kappa shape index (κ2) is 12.8. The average molecular weight is 544 g/mol. The van der Waals surface area contributed by atoms with Crippen molar-refractivity contribution in [1.29, 1.82) is 0 Å². The number of aromatic nitrogens is 2. The number of nitrogens with zero attached hydrogens (tertiary/aromatic N) is 4. The lowest BCUT2D eigenvalue weighted by atomic mass is 9.97. The Kier molecular flexibility index (Phi) is 9.48. The minimum Gasteiger partial charge on any atom is -0.465 e. The molecular formula is C29H39F2N5O3. The number of carbonyl (C=O) groups excluding carboxylic acids is 1. The van der Waals surface area contributed by atoms with Gasteiger partial charge in [-0.25, -0.2) is 23.5 Å². The first-order valence-electron chi connectivity index (χ1n) is 13.8. The minimum atomic E-state index is -2.32. The van der Waals surface area contributed by atoms with Gasteiger partial charge in [0.25, 0.3) is 5.91 Å². The first kappa shape index (κ1) is 28.9. The van der Waals surface area contributed by atoms with Gasteiger partial charge in [0.05, 0.1) is 23.0 Å². The third kappa shape index (κ3) is 7.71. The van der Waals surface area contributed by atoms with E-state index in [9.17, 15) is 23.5 Å². The number of hydrogen-bond acceptors (Lipinski definition) is 5. The molecule has 39 heavy (non-hydrogen) atoms. The maximum Gasteiger partial charge on any atom is 0.405 e. The second-order valence-corrected chi connectivity index (χ2v) is 11.0. The van der Waals surface area contributed by atoms with Crippen LogP contribution in [-0.4, -0.2) is 75.5 Å². The number of carboxylic acid groups (broad SMARTS) is 1. The fraction of sp³-hybridized carbons (Fsp3) is 0.586. The van der Waals surface area contributed by atoms with Gasteiger partial charge in [0.2, 0.25) is 5.92 Å². The van der Waals surface area contributed by atoms with E-state index in [0.29, 0.717) is 30.2 Å². The largest absolute Gasteiger partial charge is 0.465 e. The van der Waals surface area contributed by atoms with Crippen LogP contribution in [0.1, 0.15) is 71.9 Å². The zero-order chi connectivity index (χ0) is 28.0. The predicted octanol–water partition coefficient (Wildman–Crippen LogP) is 5.08. The molecule has 1 saturated carbocycles. The summed E-state index contributed by atoms with van der Waals surface area (Å²) in [6.07, 6.45) is 3.88. The Balaban J connectivity index is 0.000000379. The standard InChI is InChI=1S/C23H29N5O3.C6H10F2/c1-15-21(16(2)25-14-24-15)22(29)28-12-18-10-27(11-19(18)13-28)9-8-20(26-23(30)31)17-6-4-3-5-7-17;7-6(8)4-2-1-3-5-6/h3-7,14,18-20,26H,8-13H2,1-2H3,(H,30,31);1-5H2/t18-,19?,20?;/m0./s1. The number of hydrogen-bond donors (Lipinski definition) is 2. The molecule has 212 valence electrons. The van der Waals surface area contributed by atoms with Crippen LogP contribution in [0.5, 0.6) is 0 Å². The fourth-order valence-electron chi connectivity index (χ4n) is 6.04. The highest BCUT2D eigenvalue weighted by Gasteiger charge is 2.42. The van der Waals surface area contributed by atoms with Gasteiger partial charge in [-0.1, -0.05) is 36.8 Å². The second-order valence-electron chi connectivity index (χ2n) is 11.0. The molecule has 3 heterocycles. The lowest BCUT2D eigenvalue weighted by molar-refractivity contribution is -0.0337. The summed E-state index contributed by atoms with van der Waals surface area (Å²) in [7, 11) is 0. The maximum absolute atomic E-state index is 13.0. The molecular weight excluding hydrogens is 504 g/mol. The monoisotopic (exact) mass is 543 g/mol. The van der Waals surface area contributed by atoms with E-state index in [2.05, 4.69) is 20.2 Å². The smallest absolute Gasteiger partial charge is 0.405 e. The number of rotatable bonds is 6. The Bertz CT molecular complexity index is 1090. The highest BCUT2D eigenvalue weighted by Crippen LogP contribution is 2.33. The first-order chi connectivity index (χ1) is 18.6. The van der Waals surface area contributed by atoms with Crippen molar-refractivity contribution < 1.29 is 23.5 Å². The van der Waals surface area contributed by atoms with E-state index in [-0.39, 0.29) is 24.8 Å². The predicted molar refractivity (Wildman–Crippen MR) is 144 cm³/mol. The molecule has 0 radical (unpaired) electrons. The van der Waals surface area contributed by atoms with E-state index in [0.717, 1.165) is 62.5 Å². The van der Waals surface area contributed by atoms with Crippen LogP contribution >= 0.6 is 0 Å². The molecule has 5 rings (SSSR count). The van der Waals surface area contributed by atoms with Crippen molar-refractivity contribution in [2.24, 2.45) is 11.8 Å². The first-order valence-corrected chi connectivity index (χ1v) is 13.8. The lowest BCUT2D eigenvalue weighted by Gasteiger charge is -2.24. The molecule has 3 atom stereocenters. The molecule has 0 bridgehead atoms. The molecule has 1 aliphatic carbocycles. The van der Waals surface area contributed by atoms with Crippen molar-refractivity contribution in [1.82, 2.24) is 25.1 Å². The van der Waals surface area contributed by atoms with Gasteiger partial charge in [0.15, 0.2) is 0 Å². The SMILES string of the molecule is Cc1ncnc(C)c1C(=O)N1CC2CN(CCC(NC(=O)O)c3ccccc3)C[C@H]2C1.FC1(F)CCCCC1. The summed E-state index contributed by atoms with van der Waals surface area (Å²) in [5.41, 5.74) is 3.07. The average Bonchev–Trinajstić information content (AvgIpc) is 3.46. The number of benzene rings is 1. The van der Waals surface area contributed by atoms with Crippen molar-refractivity contribution in [2.75, 3.05) is 32.7 Å². The van der Waals surface area contributed by atoms with Crippen LogP contribution in [0.4, 0.5) is 13.6 Å². The summed E-state index contributed by atoms with van der Waals surface area (Å²) in [4.78, 5) is 37.0. The van der Waals surface area contributed by atoms with E-state index >= 15 is 0 Å². The topological polar surface area (TPSA) is 98.7 Å². The van der Waals surface area contributed by atoms with Crippen LogP contribution < -0.4 is 5.32 Å². The Hall–Kier alpha value is -3.14. The summed E-state index contributed by atoms with van der Waals surface area (Å²) >= 11 is 0. The van der Waals surface area contributed by atoms with Crippen molar-refractivity contribution in [3.05, 3.63) is 59.2 Å². The quantitative estimate of drug-likeness (QED) is 0.527. The van der Waals surface area contributed by atoms with Crippen LogP contribution in [-0.2, 0) is 0 Å². The van der Waals surface area contributed by atoms with Crippen LogP contribution in [0.2, 0.25) is 0 Å². The molecule has 1 aromatic heterocycles. The number of likely N-dealkylation sites (tertiary alicyclic amines) is 2. The molecule has 2 aliphatic heterocycles. The molecule has 2 N–H and O–H groups in total. The molecule has 2 aromatic rings. The number of halogens is 2. The van der Waals surface area contributed by atoms with Gasteiger partial charge in [-0.05, 0) is 50.5 Å². The van der Waals surface area contributed by atoms with Gasteiger partial charge < -0.3 is 20.2 Å². The molecule has 2 amide bonds. The zero-order valence-electron chi connectivity index (χ0n) is 22.8. The molecule has 3 fully saturated rings. The van der Waals surface area contributed by atoms with Gasteiger partial charge in [0.1, 0.15) is 6.33 Å². The number of fused-ring (bicyclic) bond motifs is 1. The van der Waals surface area contributed by atoms with Crippen molar-refractivity contribution in [2.45, 2.75) is 64.3 Å². The van der Waals surface area contributed by atoms with Crippen LogP contribution in [0, 0.1) is 25.7 Å². The number of amides is 2. The molecule has 2 unspecified atom stereocenters. The van der Waals surface area contributed by atoms with Crippen molar-refractivity contribution in [3.63, 3.8) is 0 Å². The lowest BCUT2D eigenvalue weighted by Crippen LogP contribution is -2.35. The van der Waals surface area contributed by atoms with Crippen molar-refractivity contribution in [3.8, 4) is 0 Å². The molecule has 3 aliphatic rings. The van der Waals surface area contributed by atoms with Crippen LogP contribution in [0.3, 0.4) is 0 Å². The summed E-state index contributed by atoms with van der Waals surface area (Å²) < 4.78 is 24.4. The van der Waals surface area contributed by atoms with Gasteiger partial charge in [-0.15, -0.1) is 0 Å². The molecule has 2 saturated heterocycles. The third-order valence-corrected chi connectivity index (χ3v) is 8.11. The van der Waals surface area contributed by atoms with Gasteiger partial charge in [-0.2, -0.15) is 0 Å². The Morgan fingerprint density at radius 2 is 1.59 bits per heavy atom. The zero-order valence-corrected chi connectivity index (χ0v) is 22.8. The van der Waals surface area contributed by atoms with Crippen LogP contribution in [0.15, 0.2) is 36.7 Å². The molecule has 1 aromatic carbocycles. The number of aryl methyl sites for hydroxylation is 2. The number of nitrogens with one attached hydrogen (secondary N) is 1. The summed E-state index contributed by atoms with van der Waals surface area (Å²) in [6, 6.07) is 9.49. The van der Waals surface area contributed by atoms with Gasteiger partial charge >= 0.3 is 6.09 Å². The normalized spacial score (nSPS) is 22.9. The maximum atomic E-state index is 13.0. The molecule has 10 heteroatoms. The summed E-state index contributed by atoms with van der Waals surface area (Å²) in [5, 5.41) is 11.9. The fourth-order valence-corrected chi connectivity index (χ4v) is 6.04. The highest BCUT2D eigenvalue weighted by molar-refractivity contribution is 5.96. The van der Waals surface area contributed by atoms with Crippen molar-refractivity contribution >= 4 is 12.0 Å². The molecule has 8 nitrogen and oxygen atoms in total. The van der Waals surface area contributed by atoms with E-state index < -0.39 is 12.0 Å².